The smallest absolute Gasteiger partial charge is 0.322 e. The molecule has 0 saturated heterocycles. The summed E-state index contributed by atoms with van der Waals surface area (Å²) in [6.07, 6.45) is 1.57. The second kappa shape index (κ2) is 9.97. The maximum Gasteiger partial charge on any atom is 0.322 e. The Hall–Kier alpha value is -4.56. The van der Waals surface area contributed by atoms with Gasteiger partial charge in [0.05, 0.1) is 5.56 Å². The first-order chi connectivity index (χ1) is 17.5. The van der Waals surface area contributed by atoms with Crippen LogP contribution < -0.4 is 9.47 Å². The molecule has 5 aromatic rings. The molecule has 0 unspecified atom stereocenters. The number of aromatic nitrogens is 4. The van der Waals surface area contributed by atoms with Gasteiger partial charge in [0, 0.05) is 18.3 Å². The van der Waals surface area contributed by atoms with Crippen LogP contribution in [0.3, 0.4) is 0 Å². The third-order valence-corrected chi connectivity index (χ3v) is 5.57. The van der Waals surface area contributed by atoms with E-state index in [1.165, 1.54) is 12.1 Å². The lowest BCUT2D eigenvalue weighted by Crippen LogP contribution is -2.29. The van der Waals surface area contributed by atoms with E-state index in [0.29, 0.717) is 34.2 Å². The van der Waals surface area contributed by atoms with Gasteiger partial charge in [-0.3, -0.25) is 0 Å². The summed E-state index contributed by atoms with van der Waals surface area (Å²) in [5.41, 5.74) is 3.67. The van der Waals surface area contributed by atoms with Crippen LogP contribution in [0, 0.1) is 11.0 Å². The van der Waals surface area contributed by atoms with Gasteiger partial charge in [-0.15, -0.1) is 0 Å². The van der Waals surface area contributed by atoms with Crippen LogP contribution in [0.25, 0.3) is 34.0 Å². The molecule has 0 saturated carbocycles. The van der Waals surface area contributed by atoms with Crippen molar-refractivity contribution in [3.05, 3.63) is 108 Å². The van der Waals surface area contributed by atoms with Crippen LogP contribution in [0.15, 0.2) is 91.1 Å². The third kappa shape index (κ3) is 4.94. The van der Waals surface area contributed by atoms with E-state index in [9.17, 15) is 9.60 Å². The zero-order valence-electron chi connectivity index (χ0n) is 19.9. The van der Waals surface area contributed by atoms with Gasteiger partial charge in [-0.2, -0.15) is 4.98 Å². The lowest BCUT2D eigenvalue weighted by Gasteiger charge is -2.10. The van der Waals surface area contributed by atoms with Crippen LogP contribution in [-0.2, 0) is 6.54 Å². The molecule has 3 aromatic carbocycles. The number of hydrogen-bond acceptors (Lipinski definition) is 5. The van der Waals surface area contributed by atoms with Gasteiger partial charge in [0.2, 0.25) is 0 Å². The van der Waals surface area contributed by atoms with Crippen molar-refractivity contribution in [3.63, 3.8) is 0 Å². The van der Waals surface area contributed by atoms with Crippen LogP contribution in [0.1, 0.15) is 5.56 Å². The predicted octanol–water partition coefficient (Wildman–Crippen LogP) is 5.43. The molecule has 7 nitrogen and oxygen atoms in total. The molecule has 0 radical (unpaired) electrons. The van der Waals surface area contributed by atoms with Crippen LogP contribution in [-0.4, -0.2) is 33.9 Å². The zero-order valence-corrected chi connectivity index (χ0v) is 19.9. The first-order valence-electron chi connectivity index (χ1n) is 11.4. The highest BCUT2D eigenvalue weighted by Gasteiger charge is 2.26. The molecule has 2 heterocycles. The molecule has 0 fully saturated rings. The predicted molar refractivity (Wildman–Crippen MR) is 136 cm³/mol. The molecule has 0 aliphatic rings. The summed E-state index contributed by atoms with van der Waals surface area (Å²) in [4.78, 5) is 14.1. The minimum atomic E-state index is -0.384. The van der Waals surface area contributed by atoms with E-state index >= 15 is 0 Å². The number of imidazole rings is 1. The summed E-state index contributed by atoms with van der Waals surface area (Å²) in [5, 5.41) is 13.6. The average molecular weight is 482 g/mol. The first-order valence-corrected chi connectivity index (χ1v) is 11.4. The fraction of sp³-hybridized carbons (Fsp3) is 0.107. The molecule has 8 heteroatoms. The molecule has 0 aliphatic carbocycles. The quantitative estimate of drug-likeness (QED) is 0.248. The minimum absolute atomic E-state index is 0.144. The number of halogens is 1. The van der Waals surface area contributed by atoms with Gasteiger partial charge < -0.3 is 14.8 Å². The van der Waals surface area contributed by atoms with Gasteiger partial charge >= 0.3 is 6.01 Å². The number of H-pyrrole nitrogens is 1. The molecule has 0 bridgehead atoms. The topological polar surface area (TPSA) is 81.0 Å². The van der Waals surface area contributed by atoms with Gasteiger partial charge in [0.25, 0.3) is 5.82 Å². The highest BCUT2D eigenvalue weighted by Crippen LogP contribution is 2.32. The number of hydrogen-bond donors (Lipinski definition) is 1. The van der Waals surface area contributed by atoms with Crippen molar-refractivity contribution in [2.75, 3.05) is 14.1 Å². The molecule has 1 N–H and O–H groups in total. The highest BCUT2D eigenvalue weighted by molar-refractivity contribution is 5.76. The van der Waals surface area contributed by atoms with Gasteiger partial charge in [-0.25, -0.2) is 19.1 Å². The lowest BCUT2D eigenvalue weighted by molar-refractivity contribution is -0.580. The Labute approximate surface area is 208 Å². The summed E-state index contributed by atoms with van der Waals surface area (Å²) in [6.45, 7) is 0.791. The van der Waals surface area contributed by atoms with E-state index in [-0.39, 0.29) is 11.8 Å². The van der Waals surface area contributed by atoms with Crippen molar-refractivity contribution >= 4 is 0 Å². The molecule has 180 valence electrons. The van der Waals surface area contributed by atoms with Gasteiger partial charge in [0.1, 0.15) is 17.3 Å². The number of aromatic amines is 1. The molecule has 0 aliphatic heterocycles. The minimum Gasteiger partial charge on any atom is -0.710 e. The Morgan fingerprint density at radius 3 is 2.31 bits per heavy atom. The van der Waals surface area contributed by atoms with Gasteiger partial charge in [-0.1, -0.05) is 30.3 Å². The summed E-state index contributed by atoms with van der Waals surface area (Å²) in [5.74, 6) is 0.563. The van der Waals surface area contributed by atoms with Crippen molar-refractivity contribution in [1.29, 1.82) is 0 Å². The molecular weight excluding hydrogens is 457 g/mol. The second-order valence-electron chi connectivity index (χ2n) is 8.57. The molecule has 2 aromatic heterocycles. The normalized spacial score (nSPS) is 11.1. The van der Waals surface area contributed by atoms with E-state index in [1.807, 2.05) is 56.6 Å². The van der Waals surface area contributed by atoms with Crippen LogP contribution >= 0.6 is 0 Å². The summed E-state index contributed by atoms with van der Waals surface area (Å²) >= 11 is 0. The van der Waals surface area contributed by atoms with Gasteiger partial charge in [-0.05, 0) is 74.3 Å². The average Bonchev–Trinajstić information content (AvgIpc) is 3.22. The number of benzene rings is 3. The maximum absolute atomic E-state index is 13.7. The number of ether oxygens (including phenoxy) is 1. The molecule has 0 amide bonds. The monoisotopic (exact) mass is 481 g/mol. The van der Waals surface area contributed by atoms with Gasteiger partial charge in [0.15, 0.2) is 11.4 Å². The van der Waals surface area contributed by atoms with Crippen molar-refractivity contribution < 1.29 is 13.9 Å². The molecular formula is C28H24FN5O2. The molecule has 0 atom stereocenters. The Bertz CT molecular complexity index is 1470. The SMILES string of the molecule is CN(C)Cc1ccc(-c2[nH]c(-c3ccnc(Oc4ccccc4)n3)c(-c3ccc(F)cc3)[n+]2[O-])cc1. The number of nitrogens with zero attached hydrogens (tertiary/aromatic N) is 4. The fourth-order valence-corrected chi connectivity index (χ4v) is 3.94. The number of rotatable bonds is 7. The highest BCUT2D eigenvalue weighted by atomic mass is 19.1. The standard InChI is InChI=1S/C28H24FN5O2/c1-33(2)18-19-8-10-21(11-9-19)27-32-25(26(34(27)35)20-12-14-22(29)15-13-20)24-16-17-30-28(31-24)36-23-6-4-3-5-7-23/h3-17,32H,18H2,1-2H3. The third-order valence-electron chi connectivity index (χ3n) is 5.57. The van der Waals surface area contributed by atoms with Crippen LogP contribution in [0.5, 0.6) is 11.8 Å². The molecule has 0 spiro atoms. The van der Waals surface area contributed by atoms with Crippen molar-refractivity contribution in [1.82, 2.24) is 19.9 Å². The fourth-order valence-electron chi connectivity index (χ4n) is 3.94. The Kier molecular flexibility index (Phi) is 6.42. The van der Waals surface area contributed by atoms with Crippen molar-refractivity contribution in [3.8, 4) is 45.8 Å². The van der Waals surface area contributed by atoms with Crippen LogP contribution in [0.4, 0.5) is 4.39 Å². The van der Waals surface area contributed by atoms with E-state index in [2.05, 4.69) is 19.9 Å². The Morgan fingerprint density at radius 2 is 1.61 bits per heavy atom. The Morgan fingerprint density at radius 1 is 0.917 bits per heavy atom. The summed E-state index contributed by atoms with van der Waals surface area (Å²) < 4.78 is 20.3. The zero-order chi connectivity index (χ0) is 25.1. The number of nitrogens with one attached hydrogen (secondary N) is 1. The largest absolute Gasteiger partial charge is 0.710 e. The summed E-state index contributed by atoms with van der Waals surface area (Å²) in [7, 11) is 4.01. The summed E-state index contributed by atoms with van der Waals surface area (Å²) in [6, 6.07) is 24.6. The van der Waals surface area contributed by atoms with E-state index < -0.39 is 0 Å². The van der Waals surface area contributed by atoms with E-state index in [0.717, 1.165) is 22.4 Å². The first kappa shape index (κ1) is 23.2. The van der Waals surface area contributed by atoms with E-state index in [1.54, 1.807) is 36.5 Å². The maximum atomic E-state index is 13.7. The molecule has 5 rings (SSSR count). The molecule has 36 heavy (non-hydrogen) atoms. The Balaban J connectivity index is 1.60. The van der Waals surface area contributed by atoms with Crippen molar-refractivity contribution in [2.24, 2.45) is 0 Å². The lowest BCUT2D eigenvalue weighted by atomic mass is 10.1. The van der Waals surface area contributed by atoms with E-state index in [4.69, 9.17) is 4.74 Å². The number of para-hydroxylation sites is 1. The van der Waals surface area contributed by atoms with Crippen molar-refractivity contribution in [2.45, 2.75) is 6.54 Å². The van der Waals surface area contributed by atoms with Crippen LogP contribution in [0.2, 0.25) is 0 Å². The second-order valence-corrected chi connectivity index (χ2v) is 8.57.